The van der Waals surface area contributed by atoms with Crippen molar-refractivity contribution in [1.29, 1.82) is 0 Å². The predicted octanol–water partition coefficient (Wildman–Crippen LogP) is 5.50. The van der Waals surface area contributed by atoms with Crippen molar-refractivity contribution in [2.75, 3.05) is 22.9 Å². The molecule has 0 aromatic heterocycles. The fourth-order valence-electron chi connectivity index (χ4n) is 5.94. The number of amides is 1. The van der Waals surface area contributed by atoms with Gasteiger partial charge in [0.15, 0.2) is 0 Å². The first-order valence-electron chi connectivity index (χ1n) is 13.1. The highest BCUT2D eigenvalue weighted by Crippen LogP contribution is 2.43. The van der Waals surface area contributed by atoms with Crippen LogP contribution in [0.3, 0.4) is 0 Å². The van der Waals surface area contributed by atoms with Gasteiger partial charge in [-0.3, -0.25) is 14.5 Å². The lowest BCUT2D eigenvalue weighted by atomic mass is 9.88. The van der Waals surface area contributed by atoms with Crippen molar-refractivity contribution in [3.8, 4) is 5.75 Å². The van der Waals surface area contributed by atoms with Crippen LogP contribution in [0.2, 0.25) is 0 Å². The van der Waals surface area contributed by atoms with Gasteiger partial charge in [-0.2, -0.15) is 0 Å². The van der Waals surface area contributed by atoms with Gasteiger partial charge in [-0.1, -0.05) is 24.3 Å². The Morgan fingerprint density at radius 2 is 1.49 bits per heavy atom. The van der Waals surface area contributed by atoms with Crippen LogP contribution in [0.15, 0.2) is 72.3 Å². The smallest absolute Gasteiger partial charge is 0.300 e. The molecule has 1 aliphatic carbocycles. The van der Waals surface area contributed by atoms with Crippen LogP contribution in [0.5, 0.6) is 5.75 Å². The van der Waals surface area contributed by atoms with E-state index in [9.17, 15) is 19.8 Å². The second kappa shape index (κ2) is 9.43. The van der Waals surface area contributed by atoms with Crippen LogP contribution in [0.4, 0.5) is 11.4 Å². The van der Waals surface area contributed by atoms with E-state index in [2.05, 4.69) is 4.90 Å². The number of benzene rings is 3. The molecule has 0 bridgehead atoms. The summed E-state index contributed by atoms with van der Waals surface area (Å²) in [6, 6.07) is 19.1. The summed E-state index contributed by atoms with van der Waals surface area (Å²) in [5.74, 6) is -1.58. The van der Waals surface area contributed by atoms with Crippen molar-refractivity contribution in [1.82, 2.24) is 0 Å². The first-order valence-corrected chi connectivity index (χ1v) is 13.1. The molecule has 2 aliphatic heterocycles. The molecule has 2 heterocycles. The number of ketones is 1. The van der Waals surface area contributed by atoms with Crippen LogP contribution < -0.4 is 9.80 Å². The maximum Gasteiger partial charge on any atom is 0.300 e. The summed E-state index contributed by atoms with van der Waals surface area (Å²) in [5.41, 5.74) is 5.23. The van der Waals surface area contributed by atoms with Crippen LogP contribution >= 0.6 is 0 Å². The lowest BCUT2D eigenvalue weighted by Gasteiger charge is -2.26. The first kappa shape index (κ1) is 23.3. The van der Waals surface area contributed by atoms with E-state index in [4.69, 9.17) is 0 Å². The molecule has 6 nitrogen and oxygen atoms in total. The van der Waals surface area contributed by atoms with Crippen molar-refractivity contribution < 1.29 is 19.8 Å². The number of carbonyl (C=O) groups excluding carboxylic acids is 2. The van der Waals surface area contributed by atoms with Gasteiger partial charge in [0, 0.05) is 30.0 Å². The monoisotopic (exact) mass is 494 g/mol. The molecule has 1 atom stereocenters. The molecule has 2 saturated heterocycles. The number of phenolic OH excluding ortho intramolecular Hbond substituents is 1. The zero-order valence-corrected chi connectivity index (χ0v) is 20.7. The molecular weight excluding hydrogens is 464 g/mol. The molecule has 6 heteroatoms. The molecule has 188 valence electrons. The Hall–Kier alpha value is -4.06. The average molecular weight is 495 g/mol. The van der Waals surface area contributed by atoms with E-state index in [1.807, 2.05) is 42.5 Å². The van der Waals surface area contributed by atoms with Gasteiger partial charge in [0.2, 0.25) is 0 Å². The summed E-state index contributed by atoms with van der Waals surface area (Å²) >= 11 is 0. The van der Waals surface area contributed by atoms with E-state index >= 15 is 0 Å². The number of nitrogens with zero attached hydrogens (tertiary/aromatic N) is 2. The van der Waals surface area contributed by atoms with Gasteiger partial charge in [0.25, 0.3) is 11.7 Å². The Kier molecular flexibility index (Phi) is 5.95. The van der Waals surface area contributed by atoms with Crippen LogP contribution in [0.1, 0.15) is 54.0 Å². The van der Waals surface area contributed by atoms with Crippen LogP contribution in [-0.4, -0.2) is 35.0 Å². The summed E-state index contributed by atoms with van der Waals surface area (Å²) < 4.78 is 0. The summed E-state index contributed by atoms with van der Waals surface area (Å²) in [4.78, 5) is 30.7. The molecule has 3 aliphatic rings. The number of hydrogen-bond donors (Lipinski definition) is 2. The maximum absolute atomic E-state index is 13.5. The van der Waals surface area contributed by atoms with Gasteiger partial charge >= 0.3 is 0 Å². The van der Waals surface area contributed by atoms with Gasteiger partial charge in [-0.25, -0.2) is 0 Å². The molecule has 3 aromatic carbocycles. The normalized spacial score (nSPS) is 20.9. The van der Waals surface area contributed by atoms with E-state index in [-0.39, 0.29) is 17.1 Å². The SMILES string of the molecule is O=C1C(=O)N(c2ccc(N3CCCC3)cc2)C(c2cccc(O)c2)/C1=C(/O)c1ccc2c(c1)CCCC2. The Bertz CT molecular complexity index is 1400. The number of anilines is 2. The molecule has 3 aromatic rings. The molecule has 37 heavy (non-hydrogen) atoms. The summed E-state index contributed by atoms with van der Waals surface area (Å²) in [6.07, 6.45) is 6.52. The molecule has 6 rings (SSSR count). The largest absolute Gasteiger partial charge is 0.508 e. The second-order valence-electron chi connectivity index (χ2n) is 10.2. The zero-order valence-electron chi connectivity index (χ0n) is 20.7. The third-order valence-corrected chi connectivity index (χ3v) is 7.85. The van der Waals surface area contributed by atoms with Crippen LogP contribution in [0.25, 0.3) is 5.76 Å². The third kappa shape index (κ3) is 4.16. The van der Waals surface area contributed by atoms with Crippen molar-refractivity contribution in [3.63, 3.8) is 0 Å². The zero-order chi connectivity index (χ0) is 25.5. The second-order valence-corrected chi connectivity index (χ2v) is 10.2. The quantitative estimate of drug-likeness (QED) is 0.285. The Morgan fingerprint density at radius 1 is 0.784 bits per heavy atom. The van der Waals surface area contributed by atoms with Gasteiger partial charge in [0.1, 0.15) is 11.5 Å². The van der Waals surface area contributed by atoms with Crippen LogP contribution in [-0.2, 0) is 22.4 Å². The minimum atomic E-state index is -0.860. The number of aliphatic hydroxyl groups is 1. The van der Waals surface area contributed by atoms with E-state index in [1.165, 1.54) is 16.0 Å². The number of aromatic hydroxyl groups is 1. The standard InChI is InChI=1S/C31H30N2O4/c34-26-9-5-8-22(19-26)28-27(29(35)23-11-10-20-6-1-2-7-21(20)18-23)30(36)31(37)33(28)25-14-12-24(13-15-25)32-16-3-4-17-32/h5,8-15,18-19,28,34-35H,1-4,6-7,16-17H2/b29-27-. The van der Waals surface area contributed by atoms with E-state index in [1.54, 1.807) is 24.3 Å². The highest BCUT2D eigenvalue weighted by atomic mass is 16.3. The maximum atomic E-state index is 13.5. The van der Waals surface area contributed by atoms with Gasteiger partial charge in [0.05, 0.1) is 11.6 Å². The number of aliphatic hydroxyl groups excluding tert-OH is 1. The van der Waals surface area contributed by atoms with E-state index in [0.29, 0.717) is 16.8 Å². The number of fused-ring (bicyclic) bond motifs is 1. The summed E-state index contributed by atoms with van der Waals surface area (Å²) in [7, 11) is 0. The molecule has 2 N–H and O–H groups in total. The van der Waals surface area contributed by atoms with Crippen molar-refractivity contribution in [2.45, 2.75) is 44.6 Å². The topological polar surface area (TPSA) is 81.1 Å². The minimum absolute atomic E-state index is 0.0289. The van der Waals surface area contributed by atoms with Gasteiger partial charge in [-0.15, -0.1) is 0 Å². The van der Waals surface area contributed by atoms with Crippen LogP contribution in [0, 0.1) is 0 Å². The van der Waals surface area contributed by atoms with Gasteiger partial charge < -0.3 is 15.1 Å². The fourth-order valence-corrected chi connectivity index (χ4v) is 5.94. The molecule has 1 amide bonds. The minimum Gasteiger partial charge on any atom is -0.508 e. The number of carbonyl (C=O) groups is 2. The predicted molar refractivity (Wildman–Crippen MR) is 144 cm³/mol. The van der Waals surface area contributed by atoms with Crippen molar-refractivity contribution in [2.24, 2.45) is 0 Å². The van der Waals surface area contributed by atoms with Gasteiger partial charge in [-0.05, 0) is 97.7 Å². The number of rotatable bonds is 4. The van der Waals surface area contributed by atoms with Crippen molar-refractivity contribution >= 4 is 28.8 Å². The molecule has 2 fully saturated rings. The summed E-state index contributed by atoms with van der Waals surface area (Å²) in [6.45, 7) is 2.02. The Balaban J connectivity index is 1.46. The lowest BCUT2D eigenvalue weighted by Crippen LogP contribution is -2.29. The molecule has 1 unspecified atom stereocenters. The molecule has 0 radical (unpaired) electrons. The lowest BCUT2D eigenvalue weighted by molar-refractivity contribution is -0.132. The molecule has 0 spiro atoms. The molecular formula is C31H30N2O4. The number of Topliss-reactive ketones (excluding diaryl/α,β-unsaturated/α-hetero) is 1. The fraction of sp³-hybridized carbons (Fsp3) is 0.290. The highest BCUT2D eigenvalue weighted by Gasteiger charge is 2.47. The Morgan fingerprint density at radius 3 is 2.22 bits per heavy atom. The number of hydrogen-bond acceptors (Lipinski definition) is 5. The number of phenols is 1. The molecule has 0 saturated carbocycles. The van der Waals surface area contributed by atoms with Crippen molar-refractivity contribution in [3.05, 3.63) is 94.6 Å². The first-order chi connectivity index (χ1) is 18.0. The third-order valence-electron chi connectivity index (χ3n) is 7.85. The summed E-state index contributed by atoms with van der Waals surface area (Å²) in [5, 5.41) is 21.7. The number of aryl methyl sites for hydroxylation is 2. The Labute approximate surface area is 216 Å². The van der Waals surface area contributed by atoms with E-state index in [0.717, 1.165) is 57.3 Å². The average Bonchev–Trinajstić information content (AvgIpc) is 3.55. The van der Waals surface area contributed by atoms with E-state index < -0.39 is 17.7 Å². The highest BCUT2D eigenvalue weighted by molar-refractivity contribution is 6.51.